The molecule has 3 heteroatoms. The molecule has 0 aromatic carbocycles. The molecule has 0 aliphatic carbocycles. The molecule has 9 heavy (non-hydrogen) atoms. The second kappa shape index (κ2) is 4.46. The van der Waals surface area contributed by atoms with E-state index in [1.807, 2.05) is 0 Å². The summed E-state index contributed by atoms with van der Waals surface area (Å²) < 4.78 is 6.57. The summed E-state index contributed by atoms with van der Waals surface area (Å²) >= 11 is 0.453. The third-order valence-electron chi connectivity index (χ3n) is 1.39. The molecule has 1 aliphatic heterocycles. The zero-order valence-electron chi connectivity index (χ0n) is 5.77. The number of ether oxygens (including phenoxy) is 1. The Morgan fingerprint density at radius 1 is 1.44 bits per heavy atom. The first-order chi connectivity index (χ1) is 4.43. The Labute approximate surface area is 66.8 Å². The average Bonchev–Trinajstić information content (AvgIpc) is 1.91. The normalized spacial score (nSPS) is 22.8. The van der Waals surface area contributed by atoms with E-state index in [0.717, 1.165) is 26.3 Å². The van der Waals surface area contributed by atoms with Crippen LogP contribution in [0.1, 0.15) is 0 Å². The molecule has 0 amide bonds. The van der Waals surface area contributed by atoms with Gasteiger partial charge in [0.05, 0.1) is 0 Å². The predicted octanol–water partition coefficient (Wildman–Crippen LogP) is -3.01. The van der Waals surface area contributed by atoms with Crippen LogP contribution < -0.4 is 21.2 Å². The summed E-state index contributed by atoms with van der Waals surface area (Å²) in [5, 5.41) is 0. The van der Waals surface area contributed by atoms with Crippen molar-refractivity contribution in [1.29, 1.82) is 0 Å². The summed E-state index contributed by atoms with van der Waals surface area (Å²) in [6.07, 6.45) is 0. The number of rotatable bonds is 2. The van der Waals surface area contributed by atoms with Crippen molar-refractivity contribution in [3.63, 3.8) is 0 Å². The summed E-state index contributed by atoms with van der Waals surface area (Å²) in [7, 11) is 0. The van der Waals surface area contributed by atoms with Crippen molar-refractivity contribution in [2.45, 2.75) is 0 Å². The first kappa shape index (κ1) is 7.75. The maximum atomic E-state index is 5.22. The SMILES string of the molecule is C[I-]CN1CCOCC1. The van der Waals surface area contributed by atoms with Crippen LogP contribution in [-0.4, -0.2) is 40.7 Å². The van der Waals surface area contributed by atoms with Crippen molar-refractivity contribution >= 4 is 0 Å². The molecule has 0 N–H and O–H groups in total. The fourth-order valence-corrected chi connectivity index (χ4v) is 2.54. The summed E-state index contributed by atoms with van der Waals surface area (Å²) in [5.74, 6) is 0. The van der Waals surface area contributed by atoms with E-state index in [0.29, 0.717) is 21.2 Å². The second-order valence-electron chi connectivity index (χ2n) is 2.12. The van der Waals surface area contributed by atoms with Crippen LogP contribution in [0.5, 0.6) is 0 Å². The van der Waals surface area contributed by atoms with E-state index >= 15 is 0 Å². The van der Waals surface area contributed by atoms with Gasteiger partial charge in [-0.05, 0) is 0 Å². The quantitative estimate of drug-likeness (QED) is 0.290. The Kier molecular flexibility index (Phi) is 3.85. The molecule has 0 atom stereocenters. The van der Waals surface area contributed by atoms with Crippen LogP contribution in [-0.2, 0) is 4.74 Å². The maximum absolute atomic E-state index is 5.22. The predicted molar refractivity (Wildman–Crippen MR) is 33.2 cm³/mol. The van der Waals surface area contributed by atoms with Gasteiger partial charge in [0, 0.05) is 0 Å². The van der Waals surface area contributed by atoms with Crippen molar-refractivity contribution < 1.29 is 25.9 Å². The van der Waals surface area contributed by atoms with E-state index in [1.54, 1.807) is 0 Å². The molecule has 1 heterocycles. The molecule has 1 fully saturated rings. The molecule has 0 radical (unpaired) electrons. The van der Waals surface area contributed by atoms with E-state index in [4.69, 9.17) is 4.74 Å². The monoisotopic (exact) mass is 242 g/mol. The molecule has 0 unspecified atom stereocenters. The van der Waals surface area contributed by atoms with Gasteiger partial charge in [-0.15, -0.1) is 0 Å². The molecule has 2 nitrogen and oxygen atoms in total. The number of halogens is 1. The number of nitrogens with zero attached hydrogens (tertiary/aromatic N) is 1. The van der Waals surface area contributed by atoms with E-state index in [-0.39, 0.29) is 0 Å². The van der Waals surface area contributed by atoms with Crippen LogP contribution in [0.2, 0.25) is 0 Å². The van der Waals surface area contributed by atoms with Gasteiger partial charge < -0.3 is 0 Å². The number of morpholine rings is 1. The van der Waals surface area contributed by atoms with Gasteiger partial charge in [0.15, 0.2) is 0 Å². The zero-order chi connectivity index (χ0) is 6.53. The van der Waals surface area contributed by atoms with Gasteiger partial charge in [-0.3, -0.25) is 0 Å². The Morgan fingerprint density at radius 2 is 2.11 bits per heavy atom. The Morgan fingerprint density at radius 3 is 2.67 bits per heavy atom. The van der Waals surface area contributed by atoms with E-state index < -0.39 is 0 Å². The van der Waals surface area contributed by atoms with Crippen molar-refractivity contribution in [1.82, 2.24) is 4.90 Å². The van der Waals surface area contributed by atoms with Gasteiger partial charge in [-0.25, -0.2) is 0 Å². The van der Waals surface area contributed by atoms with Crippen LogP contribution in [0.25, 0.3) is 0 Å². The Balaban J connectivity index is 2.08. The summed E-state index contributed by atoms with van der Waals surface area (Å²) in [6.45, 7) is 4.22. The second-order valence-corrected chi connectivity index (χ2v) is 4.33. The molecular formula is C6H13INO-. The van der Waals surface area contributed by atoms with E-state index in [2.05, 4.69) is 9.83 Å². The minimum atomic E-state index is 0.453. The van der Waals surface area contributed by atoms with Gasteiger partial charge >= 0.3 is 66.6 Å². The molecule has 1 aliphatic rings. The Hall–Kier alpha value is 0.650. The van der Waals surface area contributed by atoms with Crippen molar-refractivity contribution in [3.05, 3.63) is 0 Å². The molecule has 1 saturated heterocycles. The third kappa shape index (κ3) is 2.82. The van der Waals surface area contributed by atoms with Crippen molar-refractivity contribution in [2.24, 2.45) is 0 Å². The molecule has 1 rings (SSSR count). The number of hydrogen-bond acceptors (Lipinski definition) is 2. The van der Waals surface area contributed by atoms with Crippen LogP contribution in [0.4, 0.5) is 0 Å². The van der Waals surface area contributed by atoms with Gasteiger partial charge in [-0.1, -0.05) is 0 Å². The molecular weight excluding hydrogens is 229 g/mol. The van der Waals surface area contributed by atoms with Crippen molar-refractivity contribution in [3.8, 4) is 0 Å². The molecule has 56 valence electrons. The molecule has 0 aromatic heterocycles. The number of hydrogen-bond donors (Lipinski definition) is 0. The van der Waals surface area contributed by atoms with Gasteiger partial charge in [0.2, 0.25) is 0 Å². The zero-order valence-corrected chi connectivity index (χ0v) is 7.93. The summed E-state index contributed by atoms with van der Waals surface area (Å²) in [4.78, 5) is 4.82. The first-order valence-corrected chi connectivity index (χ1v) is 6.85. The molecule has 0 aromatic rings. The average molecular weight is 242 g/mol. The van der Waals surface area contributed by atoms with Crippen molar-refractivity contribution in [2.75, 3.05) is 35.8 Å². The molecule has 0 saturated carbocycles. The third-order valence-corrected chi connectivity index (χ3v) is 3.04. The van der Waals surface area contributed by atoms with E-state index in [9.17, 15) is 0 Å². The van der Waals surface area contributed by atoms with Crippen LogP contribution in [0.15, 0.2) is 0 Å². The molecule has 0 bridgehead atoms. The Bertz CT molecular complexity index is 70.7. The number of alkyl halides is 2. The van der Waals surface area contributed by atoms with Gasteiger partial charge in [0.25, 0.3) is 0 Å². The van der Waals surface area contributed by atoms with Crippen LogP contribution in [0, 0.1) is 0 Å². The summed E-state index contributed by atoms with van der Waals surface area (Å²) in [5.41, 5.74) is 0. The minimum absolute atomic E-state index is 0.453. The van der Waals surface area contributed by atoms with Crippen LogP contribution in [0.3, 0.4) is 0 Å². The fraction of sp³-hybridized carbons (Fsp3) is 1.00. The van der Waals surface area contributed by atoms with Gasteiger partial charge in [-0.2, -0.15) is 0 Å². The van der Waals surface area contributed by atoms with Gasteiger partial charge in [0.1, 0.15) is 0 Å². The van der Waals surface area contributed by atoms with Crippen LogP contribution >= 0.6 is 0 Å². The molecule has 0 spiro atoms. The first-order valence-electron chi connectivity index (χ1n) is 3.17. The summed E-state index contributed by atoms with van der Waals surface area (Å²) in [6, 6.07) is 0. The topological polar surface area (TPSA) is 12.5 Å². The fourth-order valence-electron chi connectivity index (χ4n) is 0.890. The standard InChI is InChI=1S/C6H13INO/c1-7-6-8-2-4-9-5-3-8/h2-6H2,1H3/q-1. The van der Waals surface area contributed by atoms with E-state index in [1.165, 1.54) is 4.55 Å².